The SMILES string of the molecule is COCCCOCCNC(C)c1cccc(Cl)c1. The number of benzene rings is 1. The largest absolute Gasteiger partial charge is 0.385 e. The Kier molecular flexibility index (Phi) is 8.01. The fourth-order valence-corrected chi connectivity index (χ4v) is 1.85. The number of methoxy groups -OCH3 is 1. The summed E-state index contributed by atoms with van der Waals surface area (Å²) >= 11 is 5.96. The van der Waals surface area contributed by atoms with Gasteiger partial charge in [0.15, 0.2) is 0 Å². The maximum atomic E-state index is 5.96. The van der Waals surface area contributed by atoms with Crippen molar-refractivity contribution < 1.29 is 9.47 Å². The van der Waals surface area contributed by atoms with E-state index in [2.05, 4.69) is 18.3 Å². The first-order valence-electron chi connectivity index (χ1n) is 6.29. The van der Waals surface area contributed by atoms with Crippen LogP contribution in [0.15, 0.2) is 24.3 Å². The van der Waals surface area contributed by atoms with Crippen LogP contribution in [-0.4, -0.2) is 33.5 Å². The minimum Gasteiger partial charge on any atom is -0.385 e. The molecule has 1 N–H and O–H groups in total. The second-order valence-corrected chi connectivity index (χ2v) is 4.63. The molecule has 102 valence electrons. The zero-order valence-electron chi connectivity index (χ0n) is 11.1. The average Bonchev–Trinajstić information content (AvgIpc) is 2.37. The van der Waals surface area contributed by atoms with Gasteiger partial charge >= 0.3 is 0 Å². The van der Waals surface area contributed by atoms with Gasteiger partial charge in [0.2, 0.25) is 0 Å². The molecule has 3 nitrogen and oxygen atoms in total. The Labute approximate surface area is 114 Å². The van der Waals surface area contributed by atoms with Gasteiger partial charge in [-0.05, 0) is 31.0 Å². The van der Waals surface area contributed by atoms with Crippen LogP contribution in [0.5, 0.6) is 0 Å². The Morgan fingerprint density at radius 2 is 2.11 bits per heavy atom. The van der Waals surface area contributed by atoms with Crippen LogP contribution in [0, 0.1) is 0 Å². The summed E-state index contributed by atoms with van der Waals surface area (Å²) < 4.78 is 10.4. The van der Waals surface area contributed by atoms with Gasteiger partial charge in [-0.2, -0.15) is 0 Å². The van der Waals surface area contributed by atoms with E-state index in [4.69, 9.17) is 21.1 Å². The van der Waals surface area contributed by atoms with E-state index in [1.54, 1.807) is 7.11 Å². The first-order valence-corrected chi connectivity index (χ1v) is 6.67. The highest BCUT2D eigenvalue weighted by atomic mass is 35.5. The molecule has 1 aromatic rings. The summed E-state index contributed by atoms with van der Waals surface area (Å²) in [6.07, 6.45) is 0.945. The fourth-order valence-electron chi connectivity index (χ4n) is 1.65. The molecule has 1 unspecified atom stereocenters. The molecule has 4 heteroatoms. The van der Waals surface area contributed by atoms with Crippen LogP contribution in [-0.2, 0) is 9.47 Å². The molecule has 1 atom stereocenters. The third-order valence-electron chi connectivity index (χ3n) is 2.68. The quantitative estimate of drug-likeness (QED) is 0.701. The van der Waals surface area contributed by atoms with Gasteiger partial charge in [-0.3, -0.25) is 0 Å². The highest BCUT2D eigenvalue weighted by Gasteiger charge is 2.04. The average molecular weight is 272 g/mol. The Hall–Kier alpha value is -0.610. The molecular formula is C14H22ClNO2. The molecule has 0 aliphatic carbocycles. The summed E-state index contributed by atoms with van der Waals surface area (Å²) in [6, 6.07) is 8.20. The topological polar surface area (TPSA) is 30.5 Å². The van der Waals surface area contributed by atoms with E-state index < -0.39 is 0 Å². The van der Waals surface area contributed by atoms with Crippen molar-refractivity contribution in [2.45, 2.75) is 19.4 Å². The summed E-state index contributed by atoms with van der Waals surface area (Å²) in [4.78, 5) is 0. The van der Waals surface area contributed by atoms with E-state index in [1.807, 2.05) is 18.2 Å². The molecule has 0 aromatic heterocycles. The minimum atomic E-state index is 0.284. The van der Waals surface area contributed by atoms with Crippen molar-refractivity contribution in [1.82, 2.24) is 5.32 Å². The van der Waals surface area contributed by atoms with Crippen LogP contribution in [0.25, 0.3) is 0 Å². The lowest BCUT2D eigenvalue weighted by Gasteiger charge is -2.14. The van der Waals surface area contributed by atoms with Crippen molar-refractivity contribution in [2.75, 3.05) is 33.5 Å². The monoisotopic (exact) mass is 271 g/mol. The highest BCUT2D eigenvalue weighted by Crippen LogP contribution is 2.16. The molecule has 0 heterocycles. The predicted molar refractivity (Wildman–Crippen MR) is 75.2 cm³/mol. The van der Waals surface area contributed by atoms with Crippen molar-refractivity contribution in [3.8, 4) is 0 Å². The predicted octanol–water partition coefficient (Wildman–Crippen LogP) is 3.04. The summed E-state index contributed by atoms with van der Waals surface area (Å²) in [5.41, 5.74) is 1.20. The first-order chi connectivity index (χ1) is 8.74. The zero-order chi connectivity index (χ0) is 13.2. The van der Waals surface area contributed by atoms with Gasteiger partial charge in [-0.1, -0.05) is 23.7 Å². The summed E-state index contributed by atoms with van der Waals surface area (Å²) in [6.45, 7) is 5.18. The van der Waals surface area contributed by atoms with Crippen LogP contribution in [0.1, 0.15) is 24.9 Å². The van der Waals surface area contributed by atoms with Crippen molar-refractivity contribution >= 4 is 11.6 Å². The molecule has 0 aliphatic rings. The van der Waals surface area contributed by atoms with E-state index in [0.29, 0.717) is 6.61 Å². The van der Waals surface area contributed by atoms with E-state index in [9.17, 15) is 0 Å². The third kappa shape index (κ3) is 6.36. The number of halogens is 1. The molecule has 0 radical (unpaired) electrons. The second kappa shape index (κ2) is 9.34. The third-order valence-corrected chi connectivity index (χ3v) is 2.92. The summed E-state index contributed by atoms with van der Waals surface area (Å²) in [7, 11) is 1.70. The highest BCUT2D eigenvalue weighted by molar-refractivity contribution is 6.30. The lowest BCUT2D eigenvalue weighted by atomic mass is 10.1. The molecule has 0 bridgehead atoms. The van der Waals surface area contributed by atoms with Crippen LogP contribution in [0.3, 0.4) is 0 Å². The number of rotatable bonds is 9. The number of ether oxygens (including phenoxy) is 2. The molecule has 1 rings (SSSR count). The normalized spacial score (nSPS) is 12.6. The van der Waals surface area contributed by atoms with Gasteiger partial charge in [0.05, 0.1) is 6.61 Å². The van der Waals surface area contributed by atoms with Gasteiger partial charge in [0, 0.05) is 37.9 Å². The summed E-state index contributed by atoms with van der Waals surface area (Å²) in [5.74, 6) is 0. The smallest absolute Gasteiger partial charge is 0.0591 e. The molecule has 1 aromatic carbocycles. The maximum absolute atomic E-state index is 5.96. The Balaban J connectivity index is 2.12. The summed E-state index contributed by atoms with van der Waals surface area (Å²) in [5, 5.41) is 4.18. The van der Waals surface area contributed by atoms with Crippen LogP contribution < -0.4 is 5.32 Å². The minimum absolute atomic E-state index is 0.284. The molecule has 0 fully saturated rings. The van der Waals surface area contributed by atoms with Crippen LogP contribution >= 0.6 is 11.6 Å². The molecule has 0 saturated carbocycles. The van der Waals surface area contributed by atoms with Crippen molar-refractivity contribution in [2.24, 2.45) is 0 Å². The van der Waals surface area contributed by atoms with E-state index >= 15 is 0 Å². The van der Waals surface area contributed by atoms with Gasteiger partial charge in [0.1, 0.15) is 0 Å². The number of nitrogens with one attached hydrogen (secondary N) is 1. The van der Waals surface area contributed by atoms with E-state index in [0.717, 1.165) is 31.2 Å². The molecule has 0 saturated heterocycles. The maximum Gasteiger partial charge on any atom is 0.0591 e. The van der Waals surface area contributed by atoms with Crippen LogP contribution in [0.2, 0.25) is 5.02 Å². The van der Waals surface area contributed by atoms with Crippen molar-refractivity contribution in [3.63, 3.8) is 0 Å². The second-order valence-electron chi connectivity index (χ2n) is 4.19. The number of hydrogen-bond donors (Lipinski definition) is 1. The van der Waals surface area contributed by atoms with Crippen molar-refractivity contribution in [3.05, 3.63) is 34.9 Å². The molecule has 0 amide bonds. The van der Waals surface area contributed by atoms with Gasteiger partial charge < -0.3 is 14.8 Å². The first kappa shape index (κ1) is 15.4. The van der Waals surface area contributed by atoms with Gasteiger partial charge in [0.25, 0.3) is 0 Å². The van der Waals surface area contributed by atoms with Crippen molar-refractivity contribution in [1.29, 1.82) is 0 Å². The van der Waals surface area contributed by atoms with E-state index in [1.165, 1.54) is 5.56 Å². The molecule has 0 spiro atoms. The number of hydrogen-bond acceptors (Lipinski definition) is 3. The Morgan fingerprint density at radius 3 is 2.83 bits per heavy atom. The lowest BCUT2D eigenvalue weighted by Crippen LogP contribution is -2.23. The Morgan fingerprint density at radius 1 is 1.28 bits per heavy atom. The van der Waals surface area contributed by atoms with E-state index in [-0.39, 0.29) is 6.04 Å². The van der Waals surface area contributed by atoms with Crippen LogP contribution in [0.4, 0.5) is 0 Å². The fraction of sp³-hybridized carbons (Fsp3) is 0.571. The molecular weight excluding hydrogens is 250 g/mol. The van der Waals surface area contributed by atoms with Gasteiger partial charge in [-0.25, -0.2) is 0 Å². The molecule has 18 heavy (non-hydrogen) atoms. The van der Waals surface area contributed by atoms with Gasteiger partial charge in [-0.15, -0.1) is 0 Å². The zero-order valence-corrected chi connectivity index (χ0v) is 11.9. The lowest BCUT2D eigenvalue weighted by molar-refractivity contribution is 0.103. The molecule has 0 aliphatic heterocycles. The standard InChI is InChI=1S/C14H22ClNO2/c1-12(13-5-3-6-14(15)11-13)16-7-10-18-9-4-8-17-2/h3,5-6,11-12,16H,4,7-10H2,1-2H3. The Bertz CT molecular complexity index is 333.